The second-order valence-corrected chi connectivity index (χ2v) is 7.46. The van der Waals surface area contributed by atoms with Crippen molar-refractivity contribution in [3.8, 4) is 0 Å². The molecule has 136 valence electrons. The number of nitrogens with zero attached hydrogens (tertiary/aromatic N) is 1. The van der Waals surface area contributed by atoms with Crippen LogP contribution in [0.25, 0.3) is 0 Å². The number of ether oxygens (including phenoxy) is 1. The fourth-order valence-corrected chi connectivity index (χ4v) is 4.26. The number of hydrogen-bond donors (Lipinski definition) is 2. The Bertz CT molecular complexity index is 690. The lowest BCUT2D eigenvalue weighted by atomic mass is 9.99. The van der Waals surface area contributed by atoms with Gasteiger partial charge in [-0.05, 0) is 32.4 Å². The molecule has 1 fully saturated rings. The van der Waals surface area contributed by atoms with Gasteiger partial charge in [0.05, 0.1) is 22.0 Å². The first-order valence-corrected chi connectivity index (χ1v) is 8.77. The molecule has 1 unspecified atom stereocenters. The van der Waals surface area contributed by atoms with E-state index in [9.17, 15) is 18.5 Å². The molecule has 1 heterocycles. The number of halogens is 1. The smallest absolute Gasteiger partial charge is 0.273 e. The maximum Gasteiger partial charge on any atom is 0.273 e. The van der Waals surface area contributed by atoms with Gasteiger partial charge in [-0.25, -0.2) is 13.1 Å². The zero-order valence-electron chi connectivity index (χ0n) is 13.6. The maximum absolute atomic E-state index is 12.5. The van der Waals surface area contributed by atoms with E-state index >= 15 is 0 Å². The Morgan fingerprint density at radius 2 is 2.17 bits per heavy atom. The van der Waals surface area contributed by atoms with E-state index in [1.165, 1.54) is 25.1 Å². The van der Waals surface area contributed by atoms with Crippen molar-refractivity contribution in [2.75, 3.05) is 26.8 Å². The highest BCUT2D eigenvalue weighted by atomic mass is 35.5. The predicted octanol–water partition coefficient (Wildman–Crippen LogP) is 1.37. The number of methoxy groups -OCH3 is 1. The summed E-state index contributed by atoms with van der Waals surface area (Å²) in [5.41, 5.74) is -0.514. The Kier molecular flexibility index (Phi) is 7.11. The molecule has 0 saturated carbocycles. The summed E-state index contributed by atoms with van der Waals surface area (Å²) in [5, 5.41) is 14.2. The van der Waals surface area contributed by atoms with Crippen LogP contribution >= 0.6 is 12.4 Å². The van der Waals surface area contributed by atoms with Crippen LogP contribution in [0.4, 0.5) is 5.69 Å². The van der Waals surface area contributed by atoms with Gasteiger partial charge in [-0.15, -0.1) is 12.4 Å². The van der Waals surface area contributed by atoms with Crippen molar-refractivity contribution in [3.05, 3.63) is 33.9 Å². The van der Waals surface area contributed by atoms with E-state index in [4.69, 9.17) is 4.74 Å². The molecule has 1 saturated heterocycles. The normalized spacial score (nSPS) is 20.6. The lowest BCUT2D eigenvalue weighted by molar-refractivity contribution is -0.385. The molecule has 24 heavy (non-hydrogen) atoms. The number of benzene rings is 1. The topological polar surface area (TPSA) is 111 Å². The van der Waals surface area contributed by atoms with Crippen LogP contribution in [0.5, 0.6) is 0 Å². The molecular weight excluding hydrogens is 358 g/mol. The van der Waals surface area contributed by atoms with E-state index in [1.54, 1.807) is 7.11 Å². The van der Waals surface area contributed by atoms with E-state index in [0.717, 1.165) is 19.4 Å². The summed E-state index contributed by atoms with van der Waals surface area (Å²) in [6.07, 6.45) is 1.75. The van der Waals surface area contributed by atoms with Crippen molar-refractivity contribution >= 4 is 28.1 Å². The lowest BCUT2D eigenvalue weighted by Gasteiger charge is -2.29. The van der Waals surface area contributed by atoms with E-state index in [1.807, 2.05) is 0 Å². The standard InChI is InChI=1S/C14H21N3O5S.ClH/c1-11-12(17(18)19)5-3-6-13(11)23(20,21)16-9-14(10-22-2)7-4-8-15-14;/h3,5-6,15-16H,4,7-10H2,1-2H3;1H. The van der Waals surface area contributed by atoms with Gasteiger partial charge in [0.15, 0.2) is 0 Å². The molecule has 1 aromatic rings. The van der Waals surface area contributed by atoms with Crippen molar-refractivity contribution in [1.82, 2.24) is 10.0 Å². The maximum atomic E-state index is 12.5. The minimum Gasteiger partial charge on any atom is -0.383 e. The molecule has 0 amide bonds. The van der Waals surface area contributed by atoms with Gasteiger partial charge in [0.1, 0.15) is 0 Å². The Balaban J connectivity index is 0.00000288. The van der Waals surface area contributed by atoms with Gasteiger partial charge in [0, 0.05) is 25.3 Å². The van der Waals surface area contributed by atoms with Gasteiger partial charge in [-0.1, -0.05) is 6.07 Å². The molecule has 1 aliphatic heterocycles. The van der Waals surface area contributed by atoms with Crippen LogP contribution in [0.3, 0.4) is 0 Å². The average Bonchev–Trinajstić information content (AvgIpc) is 2.94. The molecule has 1 atom stereocenters. The monoisotopic (exact) mass is 379 g/mol. The number of nitro benzene ring substituents is 1. The Labute approximate surface area is 147 Å². The molecule has 0 spiro atoms. The van der Waals surface area contributed by atoms with Crippen molar-refractivity contribution in [1.29, 1.82) is 0 Å². The number of nitrogens with one attached hydrogen (secondary N) is 2. The Morgan fingerprint density at radius 1 is 1.46 bits per heavy atom. The largest absolute Gasteiger partial charge is 0.383 e. The van der Waals surface area contributed by atoms with Crippen LogP contribution < -0.4 is 10.0 Å². The van der Waals surface area contributed by atoms with Gasteiger partial charge < -0.3 is 10.1 Å². The van der Waals surface area contributed by atoms with E-state index in [0.29, 0.717) is 6.61 Å². The van der Waals surface area contributed by atoms with E-state index in [2.05, 4.69) is 10.0 Å². The van der Waals surface area contributed by atoms with Crippen LogP contribution in [0.15, 0.2) is 23.1 Å². The Hall–Kier alpha value is -1.26. The molecule has 1 aliphatic rings. The summed E-state index contributed by atoms with van der Waals surface area (Å²) in [6.45, 7) is 2.81. The highest BCUT2D eigenvalue weighted by Crippen LogP contribution is 2.25. The summed E-state index contributed by atoms with van der Waals surface area (Å²) >= 11 is 0. The zero-order chi connectivity index (χ0) is 17.1. The van der Waals surface area contributed by atoms with Gasteiger partial charge in [0.25, 0.3) is 5.69 Å². The zero-order valence-corrected chi connectivity index (χ0v) is 15.2. The molecule has 0 aliphatic carbocycles. The fraction of sp³-hybridized carbons (Fsp3) is 0.571. The number of rotatable bonds is 7. The van der Waals surface area contributed by atoms with Gasteiger partial charge in [-0.3, -0.25) is 10.1 Å². The van der Waals surface area contributed by atoms with Crippen molar-refractivity contribution in [3.63, 3.8) is 0 Å². The third kappa shape index (κ3) is 4.42. The van der Waals surface area contributed by atoms with Crippen LogP contribution in [-0.2, 0) is 14.8 Å². The van der Waals surface area contributed by atoms with Crippen molar-refractivity contribution in [2.45, 2.75) is 30.2 Å². The van der Waals surface area contributed by atoms with Gasteiger partial charge in [-0.2, -0.15) is 0 Å². The molecule has 0 aromatic heterocycles. The first kappa shape index (κ1) is 20.8. The SMILES string of the molecule is COCC1(CNS(=O)(=O)c2cccc([N+](=O)[O-])c2C)CCCN1.Cl. The van der Waals surface area contributed by atoms with Crippen LogP contribution in [0.1, 0.15) is 18.4 Å². The molecule has 10 heteroatoms. The Morgan fingerprint density at radius 3 is 2.71 bits per heavy atom. The third-order valence-corrected chi connectivity index (χ3v) is 5.64. The summed E-state index contributed by atoms with van der Waals surface area (Å²) in [6, 6.07) is 4.04. The highest BCUT2D eigenvalue weighted by Gasteiger charge is 2.35. The number of sulfonamides is 1. The number of nitro groups is 1. The van der Waals surface area contributed by atoms with Gasteiger partial charge >= 0.3 is 0 Å². The molecule has 2 N–H and O–H groups in total. The van der Waals surface area contributed by atoms with Crippen molar-refractivity contribution < 1.29 is 18.1 Å². The quantitative estimate of drug-likeness (QED) is 0.546. The second kappa shape index (κ2) is 8.21. The molecule has 0 radical (unpaired) electrons. The van der Waals surface area contributed by atoms with Crippen LogP contribution in [-0.4, -0.2) is 45.7 Å². The summed E-state index contributed by atoms with van der Waals surface area (Å²) < 4.78 is 32.8. The first-order chi connectivity index (χ1) is 10.8. The second-order valence-electron chi connectivity index (χ2n) is 5.73. The summed E-state index contributed by atoms with van der Waals surface area (Å²) in [7, 11) is -2.27. The lowest BCUT2D eigenvalue weighted by Crippen LogP contribution is -2.52. The fourth-order valence-electron chi connectivity index (χ4n) is 2.87. The molecule has 2 rings (SSSR count). The molecular formula is C14H22ClN3O5S. The van der Waals surface area contributed by atoms with E-state index < -0.39 is 20.5 Å². The summed E-state index contributed by atoms with van der Waals surface area (Å²) in [4.78, 5) is 10.3. The molecule has 1 aromatic carbocycles. The average molecular weight is 380 g/mol. The minimum absolute atomic E-state index is 0. The van der Waals surface area contributed by atoms with E-state index in [-0.39, 0.29) is 35.1 Å². The first-order valence-electron chi connectivity index (χ1n) is 7.29. The third-order valence-electron chi connectivity index (χ3n) is 4.10. The molecule has 8 nitrogen and oxygen atoms in total. The van der Waals surface area contributed by atoms with Crippen molar-refractivity contribution in [2.24, 2.45) is 0 Å². The minimum atomic E-state index is -3.84. The van der Waals surface area contributed by atoms with Gasteiger partial charge in [0.2, 0.25) is 10.0 Å². The highest BCUT2D eigenvalue weighted by molar-refractivity contribution is 7.89. The van der Waals surface area contributed by atoms with Crippen LogP contribution in [0, 0.1) is 17.0 Å². The summed E-state index contributed by atoms with van der Waals surface area (Å²) in [5.74, 6) is 0. The van der Waals surface area contributed by atoms with Crippen LogP contribution in [0.2, 0.25) is 0 Å². The number of hydrogen-bond acceptors (Lipinski definition) is 6. The molecule has 0 bridgehead atoms. The predicted molar refractivity (Wildman–Crippen MR) is 92.1 cm³/mol.